The molecule has 0 aliphatic rings. The van der Waals surface area contributed by atoms with Gasteiger partial charge in [-0.1, -0.05) is 26.0 Å². The SMILES string of the molecule is CCNC(=NCCCF)NC(C)c1ccc(OCC(C)C)cc1. The molecule has 0 aromatic heterocycles. The zero-order chi connectivity index (χ0) is 17.1. The number of guanidine groups is 1. The molecule has 1 unspecified atom stereocenters. The highest BCUT2D eigenvalue weighted by molar-refractivity contribution is 5.80. The molecule has 0 aliphatic heterocycles. The maximum atomic E-state index is 12.2. The highest BCUT2D eigenvalue weighted by atomic mass is 19.1. The Balaban J connectivity index is 2.60. The minimum absolute atomic E-state index is 0.109. The third-order valence-corrected chi connectivity index (χ3v) is 3.22. The lowest BCUT2D eigenvalue weighted by Gasteiger charge is -2.18. The first-order valence-electron chi connectivity index (χ1n) is 8.40. The largest absolute Gasteiger partial charge is 0.493 e. The summed E-state index contributed by atoms with van der Waals surface area (Å²) in [4.78, 5) is 4.36. The Bertz CT molecular complexity index is 460. The van der Waals surface area contributed by atoms with Crippen LogP contribution in [-0.4, -0.2) is 32.3 Å². The first-order chi connectivity index (χ1) is 11.1. The van der Waals surface area contributed by atoms with Crippen LogP contribution in [-0.2, 0) is 0 Å². The molecule has 5 heteroatoms. The molecule has 0 fully saturated rings. The highest BCUT2D eigenvalue weighted by Crippen LogP contribution is 2.18. The standard InChI is InChI=1S/C18H30FN3O/c1-5-20-18(21-12-6-11-19)22-15(4)16-7-9-17(10-8-16)23-13-14(2)3/h7-10,14-15H,5-6,11-13H2,1-4H3,(H2,20,21,22). The zero-order valence-corrected chi connectivity index (χ0v) is 14.7. The van der Waals surface area contributed by atoms with Gasteiger partial charge in [0.1, 0.15) is 5.75 Å². The fourth-order valence-corrected chi connectivity index (χ4v) is 1.97. The molecule has 0 spiro atoms. The maximum Gasteiger partial charge on any atom is 0.191 e. The van der Waals surface area contributed by atoms with Gasteiger partial charge in [0.05, 0.1) is 19.3 Å². The van der Waals surface area contributed by atoms with E-state index in [1.165, 1.54) is 0 Å². The number of alkyl halides is 1. The van der Waals surface area contributed by atoms with E-state index in [4.69, 9.17) is 4.74 Å². The van der Waals surface area contributed by atoms with Crippen LogP contribution in [0.2, 0.25) is 0 Å². The average Bonchev–Trinajstić information content (AvgIpc) is 2.53. The number of ether oxygens (including phenoxy) is 1. The van der Waals surface area contributed by atoms with Crippen LogP contribution >= 0.6 is 0 Å². The van der Waals surface area contributed by atoms with Gasteiger partial charge >= 0.3 is 0 Å². The van der Waals surface area contributed by atoms with Gasteiger partial charge in [0.2, 0.25) is 0 Å². The summed E-state index contributed by atoms with van der Waals surface area (Å²) < 4.78 is 17.9. The molecular formula is C18H30FN3O. The van der Waals surface area contributed by atoms with Crippen molar-refractivity contribution in [3.8, 4) is 5.75 Å². The Morgan fingerprint density at radius 2 is 1.91 bits per heavy atom. The third kappa shape index (κ3) is 7.86. The van der Waals surface area contributed by atoms with Gasteiger partial charge < -0.3 is 15.4 Å². The minimum Gasteiger partial charge on any atom is -0.493 e. The molecular weight excluding hydrogens is 293 g/mol. The molecule has 0 bridgehead atoms. The van der Waals surface area contributed by atoms with Crippen LogP contribution in [0, 0.1) is 5.92 Å². The number of nitrogens with one attached hydrogen (secondary N) is 2. The molecule has 2 N–H and O–H groups in total. The summed E-state index contributed by atoms with van der Waals surface area (Å²) in [6.07, 6.45) is 0.451. The number of nitrogens with zero attached hydrogens (tertiary/aromatic N) is 1. The highest BCUT2D eigenvalue weighted by Gasteiger charge is 2.08. The van der Waals surface area contributed by atoms with Crippen LogP contribution in [0.15, 0.2) is 29.3 Å². The van der Waals surface area contributed by atoms with Crippen LogP contribution < -0.4 is 15.4 Å². The van der Waals surface area contributed by atoms with Crippen molar-refractivity contribution in [1.82, 2.24) is 10.6 Å². The minimum atomic E-state index is -0.337. The molecule has 0 amide bonds. The number of hydrogen-bond donors (Lipinski definition) is 2. The number of aliphatic imine (C=N–C) groups is 1. The summed E-state index contributed by atoms with van der Waals surface area (Å²) in [5.74, 6) is 2.12. The molecule has 1 aromatic carbocycles. The van der Waals surface area contributed by atoms with Crippen LogP contribution in [0.3, 0.4) is 0 Å². The second-order valence-electron chi connectivity index (χ2n) is 5.94. The lowest BCUT2D eigenvalue weighted by molar-refractivity contribution is 0.271. The Morgan fingerprint density at radius 3 is 2.48 bits per heavy atom. The van der Waals surface area contributed by atoms with E-state index in [0.717, 1.165) is 24.5 Å². The quantitative estimate of drug-likeness (QED) is 0.414. The summed E-state index contributed by atoms with van der Waals surface area (Å²) in [6, 6.07) is 8.19. The van der Waals surface area contributed by atoms with Gasteiger partial charge in [0, 0.05) is 13.1 Å². The van der Waals surface area contributed by atoms with Gasteiger partial charge in [0.15, 0.2) is 5.96 Å². The molecule has 0 heterocycles. The summed E-state index contributed by atoms with van der Waals surface area (Å²) in [5, 5.41) is 6.52. The Kier molecular flexibility index (Phi) is 9.10. The van der Waals surface area contributed by atoms with Gasteiger partial charge in [-0.3, -0.25) is 9.38 Å². The molecule has 4 nitrogen and oxygen atoms in total. The fourth-order valence-electron chi connectivity index (χ4n) is 1.97. The third-order valence-electron chi connectivity index (χ3n) is 3.22. The van der Waals surface area contributed by atoms with Crippen LogP contribution in [0.4, 0.5) is 4.39 Å². The second-order valence-corrected chi connectivity index (χ2v) is 5.94. The first kappa shape index (κ1) is 19.3. The smallest absolute Gasteiger partial charge is 0.191 e. The zero-order valence-electron chi connectivity index (χ0n) is 14.7. The van der Waals surface area contributed by atoms with E-state index in [1.54, 1.807) is 0 Å². The molecule has 0 saturated carbocycles. The van der Waals surface area contributed by atoms with Crippen LogP contribution in [0.5, 0.6) is 5.75 Å². The molecule has 1 atom stereocenters. The average molecular weight is 323 g/mol. The predicted octanol–water partition coefficient (Wildman–Crippen LogP) is 3.70. The van der Waals surface area contributed by atoms with Crippen molar-refractivity contribution in [2.45, 2.75) is 40.2 Å². The lowest BCUT2D eigenvalue weighted by atomic mass is 10.1. The number of halogens is 1. The van der Waals surface area contributed by atoms with Gasteiger partial charge in [0.25, 0.3) is 0 Å². The van der Waals surface area contributed by atoms with Gasteiger partial charge in [-0.05, 0) is 43.9 Å². The van der Waals surface area contributed by atoms with Crippen molar-refractivity contribution >= 4 is 5.96 Å². The van der Waals surface area contributed by atoms with Gasteiger partial charge in [-0.25, -0.2) is 0 Å². The van der Waals surface area contributed by atoms with E-state index in [-0.39, 0.29) is 12.7 Å². The van der Waals surface area contributed by atoms with Gasteiger partial charge in [-0.2, -0.15) is 0 Å². The molecule has 23 heavy (non-hydrogen) atoms. The molecule has 1 rings (SSSR count). The van der Waals surface area contributed by atoms with Crippen molar-refractivity contribution in [3.63, 3.8) is 0 Å². The van der Waals surface area contributed by atoms with E-state index in [0.29, 0.717) is 24.8 Å². The summed E-state index contributed by atoms with van der Waals surface area (Å²) >= 11 is 0. The van der Waals surface area contributed by atoms with Gasteiger partial charge in [-0.15, -0.1) is 0 Å². The fraction of sp³-hybridized carbons (Fsp3) is 0.611. The van der Waals surface area contributed by atoms with E-state index < -0.39 is 0 Å². The molecule has 0 aliphatic carbocycles. The molecule has 0 saturated heterocycles. The van der Waals surface area contributed by atoms with E-state index in [2.05, 4.69) is 48.5 Å². The van der Waals surface area contributed by atoms with E-state index >= 15 is 0 Å². The lowest BCUT2D eigenvalue weighted by Crippen LogP contribution is -2.38. The Morgan fingerprint density at radius 1 is 1.22 bits per heavy atom. The van der Waals surface area contributed by atoms with Crippen molar-refractivity contribution in [3.05, 3.63) is 29.8 Å². The van der Waals surface area contributed by atoms with Crippen molar-refractivity contribution in [1.29, 1.82) is 0 Å². The second kappa shape index (κ2) is 10.9. The molecule has 0 radical (unpaired) electrons. The maximum absolute atomic E-state index is 12.2. The van der Waals surface area contributed by atoms with Crippen LogP contribution in [0.25, 0.3) is 0 Å². The summed E-state index contributed by atoms with van der Waals surface area (Å²) in [5.41, 5.74) is 1.15. The Labute approximate surface area is 139 Å². The van der Waals surface area contributed by atoms with Crippen LogP contribution in [0.1, 0.15) is 45.7 Å². The van der Waals surface area contributed by atoms with Crippen molar-refractivity contribution < 1.29 is 9.13 Å². The monoisotopic (exact) mass is 323 g/mol. The number of benzene rings is 1. The summed E-state index contributed by atoms with van der Waals surface area (Å²) in [7, 11) is 0. The number of rotatable bonds is 9. The molecule has 130 valence electrons. The van der Waals surface area contributed by atoms with Crippen molar-refractivity contribution in [2.24, 2.45) is 10.9 Å². The first-order valence-corrected chi connectivity index (χ1v) is 8.40. The summed E-state index contributed by atoms with van der Waals surface area (Å²) in [6.45, 7) is 9.99. The van der Waals surface area contributed by atoms with E-state index in [9.17, 15) is 4.39 Å². The topological polar surface area (TPSA) is 45.7 Å². The normalized spacial score (nSPS) is 13.0. The molecule has 1 aromatic rings. The Hall–Kier alpha value is -1.78. The van der Waals surface area contributed by atoms with Crippen molar-refractivity contribution in [2.75, 3.05) is 26.4 Å². The predicted molar refractivity (Wildman–Crippen MR) is 94.9 cm³/mol. The number of hydrogen-bond acceptors (Lipinski definition) is 2. The van der Waals surface area contributed by atoms with E-state index in [1.807, 2.05) is 19.1 Å².